The van der Waals surface area contributed by atoms with Crippen molar-refractivity contribution in [3.05, 3.63) is 54.1 Å². The predicted octanol–water partition coefficient (Wildman–Crippen LogP) is 4.58. The number of carboxylic acid groups (broad SMARTS) is 1. The van der Waals surface area contributed by atoms with Crippen LogP contribution in [-0.2, 0) is 4.79 Å². The summed E-state index contributed by atoms with van der Waals surface area (Å²) < 4.78 is 5.69. The molecule has 0 radical (unpaired) electrons. The van der Waals surface area contributed by atoms with E-state index < -0.39 is 12.4 Å². The summed E-state index contributed by atoms with van der Waals surface area (Å²) in [4.78, 5) is 22.3. The lowest BCUT2D eigenvalue weighted by Crippen LogP contribution is -2.06. The first-order valence-corrected chi connectivity index (χ1v) is 8.18. The van der Waals surface area contributed by atoms with Gasteiger partial charge in [-0.15, -0.1) is 0 Å². The molecule has 0 aliphatic carbocycles. The van der Waals surface area contributed by atoms with Crippen LogP contribution in [-0.4, -0.2) is 23.5 Å². The molecule has 24 heavy (non-hydrogen) atoms. The van der Waals surface area contributed by atoms with E-state index in [1.165, 1.54) is 12.8 Å². The highest BCUT2D eigenvalue weighted by Crippen LogP contribution is 2.23. The lowest BCUT2D eigenvalue weighted by atomic mass is 10.0. The lowest BCUT2D eigenvalue weighted by molar-refractivity contribution is -0.135. The Bertz CT molecular complexity index is 672. The van der Waals surface area contributed by atoms with Crippen molar-refractivity contribution in [2.45, 2.75) is 32.6 Å². The van der Waals surface area contributed by atoms with Crippen LogP contribution < -0.4 is 4.74 Å². The monoisotopic (exact) mass is 326 g/mol. The van der Waals surface area contributed by atoms with Crippen LogP contribution in [0.4, 0.5) is 0 Å². The Kier molecular flexibility index (Phi) is 6.55. The number of hydrogen-bond acceptors (Lipinski definition) is 3. The maximum absolute atomic E-state index is 11.7. The summed E-state index contributed by atoms with van der Waals surface area (Å²) in [7, 11) is 0. The average molecular weight is 326 g/mol. The molecular formula is C20H22O4. The fraction of sp³-hybridized carbons (Fsp3) is 0.300. The van der Waals surface area contributed by atoms with E-state index in [4.69, 9.17) is 9.84 Å². The zero-order valence-corrected chi connectivity index (χ0v) is 13.8. The second-order valence-electron chi connectivity index (χ2n) is 5.65. The van der Waals surface area contributed by atoms with Gasteiger partial charge in [-0.1, -0.05) is 56.2 Å². The van der Waals surface area contributed by atoms with E-state index >= 15 is 0 Å². The van der Waals surface area contributed by atoms with E-state index in [0.29, 0.717) is 5.56 Å². The molecule has 0 bridgehead atoms. The third kappa shape index (κ3) is 5.23. The molecular weight excluding hydrogens is 304 g/mol. The van der Waals surface area contributed by atoms with Crippen LogP contribution in [0.3, 0.4) is 0 Å². The van der Waals surface area contributed by atoms with Crippen LogP contribution in [0.1, 0.15) is 43.0 Å². The molecule has 0 atom stereocenters. The van der Waals surface area contributed by atoms with Gasteiger partial charge in [0.1, 0.15) is 12.2 Å². The van der Waals surface area contributed by atoms with E-state index in [2.05, 4.69) is 6.92 Å². The van der Waals surface area contributed by atoms with Crippen molar-refractivity contribution in [1.82, 2.24) is 0 Å². The molecule has 4 nitrogen and oxygen atoms in total. The van der Waals surface area contributed by atoms with Crippen LogP contribution in [0.25, 0.3) is 11.1 Å². The van der Waals surface area contributed by atoms with E-state index in [0.717, 1.165) is 29.9 Å². The van der Waals surface area contributed by atoms with Crippen molar-refractivity contribution in [3.8, 4) is 16.9 Å². The van der Waals surface area contributed by atoms with Crippen LogP contribution >= 0.6 is 0 Å². The molecule has 0 saturated carbocycles. The molecule has 2 aromatic rings. The number of aliphatic carboxylic acids is 1. The van der Waals surface area contributed by atoms with E-state index in [9.17, 15) is 9.59 Å². The number of ether oxygens (including phenoxy) is 1. The first kappa shape index (κ1) is 17.7. The molecule has 0 aliphatic heterocycles. The second kappa shape index (κ2) is 8.87. The third-order valence-corrected chi connectivity index (χ3v) is 3.72. The molecule has 0 saturated heterocycles. The van der Waals surface area contributed by atoms with Crippen molar-refractivity contribution in [2.75, 3.05) is 6.61 Å². The van der Waals surface area contributed by atoms with E-state index in [1.54, 1.807) is 12.1 Å². The Labute approximate surface area is 142 Å². The van der Waals surface area contributed by atoms with Gasteiger partial charge in [0.25, 0.3) is 0 Å². The molecule has 0 amide bonds. The summed E-state index contributed by atoms with van der Waals surface area (Å²) >= 11 is 0. The molecule has 0 aliphatic rings. The van der Waals surface area contributed by atoms with Gasteiger partial charge in [-0.3, -0.25) is 9.59 Å². The molecule has 0 aromatic heterocycles. The molecule has 0 heterocycles. The summed E-state index contributed by atoms with van der Waals surface area (Å²) in [6.07, 6.45) is 2.92. The number of carbonyl (C=O) groups is 2. The quantitative estimate of drug-likeness (QED) is 0.416. The van der Waals surface area contributed by atoms with Crippen molar-refractivity contribution in [3.63, 3.8) is 0 Å². The highest BCUT2D eigenvalue weighted by Gasteiger charge is 2.10. The number of carbonyl (C=O) groups excluding carboxylic acids is 1. The molecule has 2 aromatic carbocycles. The van der Waals surface area contributed by atoms with Crippen molar-refractivity contribution < 1.29 is 19.4 Å². The summed E-state index contributed by atoms with van der Waals surface area (Å²) in [5.41, 5.74) is 2.41. The Morgan fingerprint density at radius 2 is 1.50 bits per heavy atom. The number of hydrogen-bond donors (Lipinski definition) is 1. The molecule has 1 N–H and O–H groups in total. The Hall–Kier alpha value is -2.62. The van der Waals surface area contributed by atoms with E-state index in [-0.39, 0.29) is 5.78 Å². The molecule has 0 fully saturated rings. The average Bonchev–Trinajstić information content (AvgIpc) is 2.59. The first-order chi connectivity index (χ1) is 11.6. The maximum atomic E-state index is 11.7. The zero-order chi connectivity index (χ0) is 17.4. The fourth-order valence-corrected chi connectivity index (χ4v) is 2.37. The molecule has 2 rings (SSSR count). The minimum absolute atomic E-state index is 0.384. The van der Waals surface area contributed by atoms with Gasteiger partial charge in [-0.05, 0) is 29.7 Å². The van der Waals surface area contributed by atoms with Gasteiger partial charge in [-0.2, -0.15) is 0 Å². The van der Waals surface area contributed by atoms with Gasteiger partial charge in [0.2, 0.25) is 0 Å². The molecule has 126 valence electrons. The highest BCUT2D eigenvalue weighted by molar-refractivity contribution is 6.05. The van der Waals surface area contributed by atoms with Crippen LogP contribution in [0.2, 0.25) is 0 Å². The van der Waals surface area contributed by atoms with Crippen molar-refractivity contribution >= 4 is 11.8 Å². The van der Waals surface area contributed by atoms with Gasteiger partial charge < -0.3 is 9.84 Å². The highest BCUT2D eigenvalue weighted by atomic mass is 16.5. The Morgan fingerprint density at radius 3 is 2.04 bits per heavy atom. The SMILES string of the molecule is CCCCCOc1ccc(-c2ccc(C(=O)CC(=O)O)cc2)cc1. The van der Waals surface area contributed by atoms with Gasteiger partial charge >= 0.3 is 5.97 Å². The van der Waals surface area contributed by atoms with Crippen molar-refractivity contribution in [1.29, 1.82) is 0 Å². The topological polar surface area (TPSA) is 63.6 Å². The minimum Gasteiger partial charge on any atom is -0.494 e. The molecule has 4 heteroatoms. The first-order valence-electron chi connectivity index (χ1n) is 8.18. The Morgan fingerprint density at radius 1 is 0.917 bits per heavy atom. The fourth-order valence-electron chi connectivity index (χ4n) is 2.37. The smallest absolute Gasteiger partial charge is 0.311 e. The number of rotatable bonds is 9. The van der Waals surface area contributed by atoms with Gasteiger partial charge in [-0.25, -0.2) is 0 Å². The van der Waals surface area contributed by atoms with Gasteiger partial charge in [0.05, 0.1) is 6.61 Å². The van der Waals surface area contributed by atoms with Crippen LogP contribution in [0, 0.1) is 0 Å². The molecule has 0 spiro atoms. The van der Waals surface area contributed by atoms with Gasteiger partial charge in [0.15, 0.2) is 5.78 Å². The minimum atomic E-state index is -1.11. The summed E-state index contributed by atoms with van der Waals surface area (Å²) in [6.45, 7) is 2.89. The van der Waals surface area contributed by atoms with E-state index in [1.807, 2.05) is 36.4 Å². The van der Waals surface area contributed by atoms with Crippen molar-refractivity contribution in [2.24, 2.45) is 0 Å². The number of ketones is 1. The molecule has 0 unspecified atom stereocenters. The van der Waals surface area contributed by atoms with Crippen LogP contribution in [0.5, 0.6) is 5.75 Å². The van der Waals surface area contributed by atoms with Gasteiger partial charge in [0, 0.05) is 5.56 Å². The zero-order valence-electron chi connectivity index (χ0n) is 13.8. The standard InChI is InChI=1S/C20H22O4/c1-2-3-4-13-24-18-11-9-16(10-12-18)15-5-7-17(8-6-15)19(21)14-20(22)23/h5-12H,2-4,13-14H2,1H3,(H,22,23). The summed E-state index contributed by atoms with van der Waals surface area (Å²) in [5, 5.41) is 8.66. The third-order valence-electron chi connectivity index (χ3n) is 3.72. The number of Topliss-reactive ketones (excluding diaryl/α,β-unsaturated/α-hetero) is 1. The van der Waals surface area contributed by atoms with Crippen LogP contribution in [0.15, 0.2) is 48.5 Å². The normalized spacial score (nSPS) is 10.4. The maximum Gasteiger partial charge on any atom is 0.311 e. The second-order valence-corrected chi connectivity index (χ2v) is 5.65. The number of benzene rings is 2. The number of unbranched alkanes of at least 4 members (excludes halogenated alkanes) is 2. The summed E-state index contributed by atoms with van der Waals surface area (Å²) in [6, 6.07) is 14.8. The summed E-state index contributed by atoms with van der Waals surface area (Å²) in [5.74, 6) is -0.647. The largest absolute Gasteiger partial charge is 0.494 e. The lowest BCUT2D eigenvalue weighted by Gasteiger charge is -2.07. The predicted molar refractivity (Wildman–Crippen MR) is 93.5 cm³/mol. The number of carboxylic acids is 1. The Balaban J connectivity index is 1.98.